The van der Waals surface area contributed by atoms with Crippen LogP contribution in [0.15, 0.2) is 35.6 Å². The quantitative estimate of drug-likeness (QED) is 0.0293. The van der Waals surface area contributed by atoms with Crippen molar-refractivity contribution < 1.29 is 59.6 Å². The average Bonchev–Trinajstić information content (AvgIpc) is 3.42. The van der Waals surface area contributed by atoms with E-state index in [2.05, 4.69) is 5.32 Å². The molecule has 0 saturated carbocycles. The van der Waals surface area contributed by atoms with E-state index in [1.54, 1.807) is 12.1 Å². The van der Waals surface area contributed by atoms with Crippen LogP contribution in [-0.4, -0.2) is 109 Å². The van der Waals surface area contributed by atoms with Crippen molar-refractivity contribution in [3.05, 3.63) is 41.2 Å². The minimum absolute atomic E-state index is 0.0957. The third-order valence-corrected chi connectivity index (χ3v) is 10.3. The van der Waals surface area contributed by atoms with E-state index in [4.69, 9.17) is 9.47 Å². The number of aliphatic hydroxyl groups excluding tert-OH is 6. The van der Waals surface area contributed by atoms with Crippen LogP contribution in [0.3, 0.4) is 0 Å². The number of hydrogen-bond acceptors (Lipinski definition) is 12. The molecule has 1 aromatic carbocycles. The van der Waals surface area contributed by atoms with Gasteiger partial charge in [-0.05, 0) is 43.4 Å². The summed E-state index contributed by atoms with van der Waals surface area (Å²) in [5.74, 6) is -0.934. The number of amides is 1. The minimum Gasteiger partial charge on any atom is -0.511 e. The van der Waals surface area contributed by atoms with Crippen molar-refractivity contribution >= 4 is 17.5 Å². The Hall–Kier alpha value is -2.91. The highest BCUT2D eigenvalue weighted by Crippen LogP contribution is 2.26. The number of ketones is 2. The Morgan fingerprint density at radius 1 is 0.811 bits per heavy atom. The number of rotatable bonds is 26. The van der Waals surface area contributed by atoms with E-state index >= 15 is 0 Å². The van der Waals surface area contributed by atoms with Gasteiger partial charge in [0.1, 0.15) is 47.3 Å². The second-order valence-electron chi connectivity index (χ2n) is 14.8. The van der Waals surface area contributed by atoms with Crippen LogP contribution in [0.25, 0.3) is 0 Å². The molecule has 13 heteroatoms. The Morgan fingerprint density at radius 3 is 1.94 bits per heavy atom. The van der Waals surface area contributed by atoms with Gasteiger partial charge in [-0.1, -0.05) is 89.7 Å². The zero-order valence-corrected chi connectivity index (χ0v) is 31.2. The molecular weight excluding hydrogens is 686 g/mol. The molecule has 0 aromatic heterocycles. The van der Waals surface area contributed by atoms with Gasteiger partial charge in [-0.3, -0.25) is 14.4 Å². The number of carbonyl (C=O) groups excluding carboxylic acids is 3. The summed E-state index contributed by atoms with van der Waals surface area (Å²) in [5, 5.41) is 72.0. The molecular formula is C40H63NO12. The molecule has 13 nitrogen and oxygen atoms in total. The molecule has 2 aliphatic heterocycles. The lowest BCUT2D eigenvalue weighted by Gasteiger charge is -2.39. The fourth-order valence-corrected chi connectivity index (χ4v) is 6.90. The highest BCUT2D eigenvalue weighted by Gasteiger charge is 2.44. The summed E-state index contributed by atoms with van der Waals surface area (Å²) in [6, 6.07) is 5.73. The summed E-state index contributed by atoms with van der Waals surface area (Å²) in [6.45, 7) is 1.20. The Morgan fingerprint density at radius 2 is 1.36 bits per heavy atom. The van der Waals surface area contributed by atoms with E-state index in [1.807, 2.05) is 6.92 Å². The third-order valence-electron chi connectivity index (χ3n) is 10.3. The molecule has 0 aliphatic carbocycles. The first-order valence-electron chi connectivity index (χ1n) is 19.6. The number of carbonyl (C=O) groups is 3. The number of phenols is 1. The topological polar surface area (TPSA) is 223 Å². The largest absolute Gasteiger partial charge is 0.511 e. The second kappa shape index (κ2) is 23.8. The normalized spacial score (nSPS) is 25.3. The SMILES string of the molecule is CC(CCCCCCCCC(=O)CCCCCCCCCC(O)CO[C@@H]1O[C@H](CO)[C@@H](O)[C@H](O)[C@@H]1O)C(O)=C1C(=O)NC(Cc2ccc(O)cc2)C1=O. The first-order valence-corrected chi connectivity index (χ1v) is 19.6. The molecule has 8 atom stereocenters. The molecule has 1 amide bonds. The molecule has 3 rings (SSSR count). The number of ether oxygens (including phenoxy) is 2. The Bertz CT molecular complexity index is 1280. The lowest BCUT2D eigenvalue weighted by atomic mass is 9.94. The van der Waals surface area contributed by atoms with Crippen LogP contribution < -0.4 is 5.32 Å². The highest BCUT2D eigenvalue weighted by molar-refractivity contribution is 6.27. The van der Waals surface area contributed by atoms with Crippen LogP contribution in [0.4, 0.5) is 0 Å². The maximum absolute atomic E-state index is 12.9. The van der Waals surface area contributed by atoms with E-state index in [1.165, 1.54) is 12.1 Å². The summed E-state index contributed by atoms with van der Waals surface area (Å²) in [4.78, 5) is 37.7. The summed E-state index contributed by atoms with van der Waals surface area (Å²) >= 11 is 0. The number of benzene rings is 1. The van der Waals surface area contributed by atoms with Gasteiger partial charge in [0.15, 0.2) is 12.1 Å². The van der Waals surface area contributed by atoms with E-state index in [0.29, 0.717) is 37.9 Å². The predicted octanol–water partition coefficient (Wildman–Crippen LogP) is 3.83. The maximum atomic E-state index is 12.9. The Labute approximate surface area is 313 Å². The van der Waals surface area contributed by atoms with Crippen LogP contribution in [0, 0.1) is 5.92 Å². The third kappa shape index (κ3) is 15.0. The van der Waals surface area contributed by atoms with Crippen molar-refractivity contribution in [2.24, 2.45) is 5.92 Å². The van der Waals surface area contributed by atoms with Crippen LogP contribution in [0.1, 0.15) is 122 Å². The first kappa shape index (κ1) is 44.5. The molecule has 0 radical (unpaired) electrons. The number of aromatic hydroxyl groups is 1. The van der Waals surface area contributed by atoms with Crippen molar-refractivity contribution in [3.63, 3.8) is 0 Å². The first-order chi connectivity index (χ1) is 25.4. The zero-order chi connectivity index (χ0) is 38.8. The standard InChI is InChI=1S/C40H63NO12/c1-26(34(46)33-35(47)31(41-39(33)51)23-27-19-21-29(44)22-20-27)15-11-7-5-6-9-13-17-28(43)16-12-8-3-2-4-10-14-18-30(45)25-52-40-38(50)37(49)36(48)32(24-42)53-40/h19-22,26,30-32,36-38,40,42,44-46,48-50H,2-18,23-25H2,1H3,(H,41,51)/t26?,30?,31?,32-,36-,37+,38+,40-/m1/s1. The summed E-state index contributed by atoms with van der Waals surface area (Å²) in [7, 11) is 0. The van der Waals surface area contributed by atoms with Crippen molar-refractivity contribution in [1.82, 2.24) is 5.32 Å². The van der Waals surface area contributed by atoms with Gasteiger partial charge < -0.3 is 50.5 Å². The molecule has 2 fully saturated rings. The lowest BCUT2D eigenvalue weighted by Crippen LogP contribution is -2.59. The number of hydrogen-bond donors (Lipinski definition) is 8. The van der Waals surface area contributed by atoms with Crippen LogP contribution in [0.2, 0.25) is 0 Å². The van der Waals surface area contributed by atoms with Crippen molar-refractivity contribution in [2.45, 2.75) is 165 Å². The van der Waals surface area contributed by atoms with Crippen LogP contribution >= 0.6 is 0 Å². The van der Waals surface area contributed by atoms with Crippen molar-refractivity contribution in [1.29, 1.82) is 0 Å². The Balaban J connectivity index is 1.12. The number of aliphatic hydroxyl groups is 6. The summed E-state index contributed by atoms with van der Waals surface area (Å²) in [5.41, 5.74) is 0.663. The van der Waals surface area contributed by atoms with Crippen molar-refractivity contribution in [2.75, 3.05) is 13.2 Å². The predicted molar refractivity (Wildman–Crippen MR) is 197 cm³/mol. The number of allylic oxidation sites excluding steroid dienone is 1. The fourth-order valence-electron chi connectivity index (χ4n) is 6.90. The second-order valence-corrected chi connectivity index (χ2v) is 14.8. The van der Waals surface area contributed by atoms with Crippen molar-refractivity contribution in [3.8, 4) is 5.75 Å². The maximum Gasteiger partial charge on any atom is 0.259 e. The zero-order valence-electron chi connectivity index (χ0n) is 31.2. The molecule has 2 heterocycles. The number of Topliss-reactive ketones (excluding diaryl/α,β-unsaturated/α-hetero) is 2. The van der Waals surface area contributed by atoms with E-state index < -0.39 is 61.1 Å². The van der Waals surface area contributed by atoms with E-state index in [0.717, 1.165) is 89.0 Å². The molecule has 53 heavy (non-hydrogen) atoms. The molecule has 8 N–H and O–H groups in total. The van der Waals surface area contributed by atoms with Gasteiger partial charge in [0.05, 0.1) is 25.4 Å². The fraction of sp³-hybridized carbons (Fsp3) is 0.725. The number of phenolic OH excluding ortho intramolecular Hbond substituents is 1. The lowest BCUT2D eigenvalue weighted by molar-refractivity contribution is -0.304. The number of unbranched alkanes of at least 4 members (excludes halogenated alkanes) is 11. The van der Waals surface area contributed by atoms with Crippen LogP contribution in [-0.2, 0) is 30.3 Å². The number of nitrogens with one attached hydrogen (secondary N) is 1. The molecule has 0 spiro atoms. The molecule has 2 saturated heterocycles. The van der Waals surface area contributed by atoms with Gasteiger partial charge in [0.2, 0.25) is 0 Å². The minimum atomic E-state index is -1.51. The van der Waals surface area contributed by atoms with Gasteiger partial charge in [0.25, 0.3) is 5.91 Å². The van der Waals surface area contributed by atoms with Gasteiger partial charge in [-0.15, -0.1) is 0 Å². The van der Waals surface area contributed by atoms with Gasteiger partial charge in [0, 0.05) is 25.2 Å². The van der Waals surface area contributed by atoms with Crippen LogP contribution in [0.5, 0.6) is 5.75 Å². The van der Waals surface area contributed by atoms with E-state index in [-0.39, 0.29) is 29.6 Å². The van der Waals surface area contributed by atoms with Gasteiger partial charge in [-0.2, -0.15) is 0 Å². The highest BCUT2D eigenvalue weighted by atomic mass is 16.7. The van der Waals surface area contributed by atoms with E-state index in [9.17, 15) is 50.1 Å². The molecule has 1 aromatic rings. The molecule has 2 aliphatic rings. The Kier molecular flexibility index (Phi) is 20.0. The monoisotopic (exact) mass is 749 g/mol. The smallest absolute Gasteiger partial charge is 0.259 e. The molecule has 3 unspecified atom stereocenters. The average molecular weight is 750 g/mol. The summed E-state index contributed by atoms with van der Waals surface area (Å²) < 4.78 is 10.7. The molecule has 0 bridgehead atoms. The molecule has 300 valence electrons. The van der Waals surface area contributed by atoms with Gasteiger partial charge >= 0.3 is 0 Å². The van der Waals surface area contributed by atoms with Gasteiger partial charge in [-0.25, -0.2) is 0 Å². The summed E-state index contributed by atoms with van der Waals surface area (Å²) in [6.07, 6.45) is 7.90.